The van der Waals surface area contributed by atoms with Gasteiger partial charge in [-0.05, 0) is 49.4 Å². The van der Waals surface area contributed by atoms with Crippen molar-refractivity contribution in [3.8, 4) is 0 Å². The molecule has 1 aliphatic heterocycles. The predicted octanol–water partition coefficient (Wildman–Crippen LogP) is 1.09. The summed E-state index contributed by atoms with van der Waals surface area (Å²) in [5.41, 5.74) is 4.92. The molecule has 28 heavy (non-hydrogen) atoms. The molecule has 3 atom stereocenters. The van der Waals surface area contributed by atoms with Gasteiger partial charge in [0.2, 0.25) is 10.0 Å². The van der Waals surface area contributed by atoms with Crippen molar-refractivity contribution in [3.05, 3.63) is 29.8 Å². The number of urea groups is 1. The Hall–Kier alpha value is -2.46. The Labute approximate surface area is 164 Å². The maximum absolute atomic E-state index is 12.8. The molecule has 0 unspecified atom stereocenters. The van der Waals surface area contributed by atoms with Gasteiger partial charge in [0.15, 0.2) is 6.10 Å². The van der Waals surface area contributed by atoms with Gasteiger partial charge in [-0.1, -0.05) is 13.8 Å². The highest BCUT2D eigenvalue weighted by Gasteiger charge is 2.31. The minimum atomic E-state index is -3.65. The average molecular weight is 411 g/mol. The first-order valence-electron chi connectivity index (χ1n) is 8.92. The quantitative estimate of drug-likeness (QED) is 0.696. The molecule has 1 aromatic rings. The summed E-state index contributed by atoms with van der Waals surface area (Å²) >= 11 is 0. The summed E-state index contributed by atoms with van der Waals surface area (Å²) in [7, 11) is -3.65. The number of piperidine rings is 1. The molecule has 1 aliphatic rings. The largest absolute Gasteiger partial charge is 0.449 e. The number of sulfonamides is 1. The van der Waals surface area contributed by atoms with Crippen molar-refractivity contribution < 1.29 is 27.5 Å². The van der Waals surface area contributed by atoms with Crippen molar-refractivity contribution in [2.24, 2.45) is 17.6 Å². The van der Waals surface area contributed by atoms with E-state index in [0.717, 1.165) is 6.42 Å². The van der Waals surface area contributed by atoms with Crippen LogP contribution < -0.4 is 11.1 Å². The van der Waals surface area contributed by atoms with E-state index in [9.17, 15) is 22.8 Å². The van der Waals surface area contributed by atoms with Crippen LogP contribution >= 0.6 is 0 Å². The van der Waals surface area contributed by atoms with Gasteiger partial charge in [0, 0.05) is 13.1 Å². The fourth-order valence-electron chi connectivity index (χ4n) is 3.22. The standard InChI is InChI=1S/C18H25N3O6S/c1-11-8-12(2)10-21(9-11)28(25,26)15-6-4-14(5-7-15)17(23)27-13(3)16(22)20-18(19)24/h4-7,11-13H,8-10H2,1-3H3,(H3,19,20,22,24)/t11-,12+,13-/m0/s1. The first kappa shape index (κ1) is 21.8. The summed E-state index contributed by atoms with van der Waals surface area (Å²) in [6, 6.07) is 4.27. The van der Waals surface area contributed by atoms with Gasteiger partial charge >= 0.3 is 12.0 Å². The third kappa shape index (κ3) is 5.29. The minimum absolute atomic E-state index is 0.0815. The number of ether oxygens (including phenoxy) is 1. The van der Waals surface area contributed by atoms with Crippen molar-refractivity contribution in [1.82, 2.24) is 9.62 Å². The average Bonchev–Trinajstić information content (AvgIpc) is 2.60. The van der Waals surface area contributed by atoms with Crippen LogP contribution in [0, 0.1) is 11.8 Å². The molecule has 0 bridgehead atoms. The van der Waals surface area contributed by atoms with Crippen molar-refractivity contribution in [2.75, 3.05) is 13.1 Å². The van der Waals surface area contributed by atoms with Gasteiger partial charge in [-0.3, -0.25) is 10.1 Å². The number of esters is 1. The lowest BCUT2D eigenvalue weighted by Gasteiger charge is -2.34. The van der Waals surface area contributed by atoms with Gasteiger partial charge in [0.1, 0.15) is 0 Å². The van der Waals surface area contributed by atoms with E-state index >= 15 is 0 Å². The summed E-state index contributed by atoms with van der Waals surface area (Å²) in [6.07, 6.45) is -0.252. The van der Waals surface area contributed by atoms with E-state index < -0.39 is 34.0 Å². The smallest absolute Gasteiger partial charge is 0.338 e. The van der Waals surface area contributed by atoms with Crippen LogP contribution in [-0.2, 0) is 19.6 Å². The maximum atomic E-state index is 12.8. The van der Waals surface area contributed by atoms with Gasteiger partial charge in [0.05, 0.1) is 10.5 Å². The predicted molar refractivity (Wildman–Crippen MR) is 101 cm³/mol. The lowest BCUT2D eigenvalue weighted by Crippen LogP contribution is -2.42. The molecule has 0 aliphatic carbocycles. The van der Waals surface area contributed by atoms with Crippen LogP contribution in [0.25, 0.3) is 0 Å². The van der Waals surface area contributed by atoms with Gasteiger partial charge < -0.3 is 10.5 Å². The van der Waals surface area contributed by atoms with E-state index in [1.54, 1.807) is 0 Å². The highest BCUT2D eigenvalue weighted by atomic mass is 32.2. The summed E-state index contributed by atoms with van der Waals surface area (Å²) in [6.45, 7) is 6.25. The lowest BCUT2D eigenvalue weighted by molar-refractivity contribution is -0.127. The number of primary amides is 1. The van der Waals surface area contributed by atoms with E-state index in [0.29, 0.717) is 13.1 Å². The number of benzene rings is 1. The molecule has 1 saturated heterocycles. The molecule has 1 heterocycles. The molecule has 2 rings (SSSR count). The number of hydrogen-bond donors (Lipinski definition) is 2. The van der Waals surface area contributed by atoms with Crippen molar-refractivity contribution in [1.29, 1.82) is 0 Å². The number of amides is 3. The van der Waals surface area contributed by atoms with Crippen LogP contribution in [0.5, 0.6) is 0 Å². The molecule has 9 nitrogen and oxygen atoms in total. The monoisotopic (exact) mass is 411 g/mol. The molecule has 0 spiro atoms. The van der Waals surface area contributed by atoms with Gasteiger partial charge in [0.25, 0.3) is 5.91 Å². The molecule has 3 N–H and O–H groups in total. The fourth-order valence-corrected chi connectivity index (χ4v) is 4.90. The molecule has 154 valence electrons. The molecule has 0 radical (unpaired) electrons. The summed E-state index contributed by atoms with van der Waals surface area (Å²) in [5.74, 6) is -1.12. The third-order valence-electron chi connectivity index (χ3n) is 4.46. The van der Waals surface area contributed by atoms with Crippen LogP contribution in [0.2, 0.25) is 0 Å². The molecule has 1 aromatic carbocycles. The van der Waals surface area contributed by atoms with Gasteiger partial charge in [-0.2, -0.15) is 4.31 Å². The molecule has 3 amide bonds. The normalized spacial score (nSPS) is 21.5. The molecule has 1 fully saturated rings. The van der Waals surface area contributed by atoms with E-state index in [2.05, 4.69) is 0 Å². The van der Waals surface area contributed by atoms with Crippen molar-refractivity contribution in [3.63, 3.8) is 0 Å². The van der Waals surface area contributed by atoms with E-state index in [-0.39, 0.29) is 22.3 Å². The number of carbonyl (C=O) groups excluding carboxylic acids is 3. The van der Waals surface area contributed by atoms with Crippen LogP contribution in [0.15, 0.2) is 29.2 Å². The topological polar surface area (TPSA) is 136 Å². The summed E-state index contributed by atoms with van der Waals surface area (Å²) in [4.78, 5) is 34.4. The van der Waals surface area contributed by atoms with Crippen LogP contribution in [0.3, 0.4) is 0 Å². The van der Waals surface area contributed by atoms with Crippen molar-refractivity contribution in [2.45, 2.75) is 38.2 Å². The molecular formula is C18H25N3O6S. The third-order valence-corrected chi connectivity index (χ3v) is 6.31. The SMILES string of the molecule is C[C@@H]1C[C@H](C)CN(S(=O)(=O)c2ccc(C(=O)O[C@@H](C)C(=O)NC(N)=O)cc2)C1. The number of rotatable bonds is 5. The maximum Gasteiger partial charge on any atom is 0.338 e. The zero-order chi connectivity index (χ0) is 21.1. The molecule has 0 saturated carbocycles. The van der Waals surface area contributed by atoms with Crippen molar-refractivity contribution >= 4 is 27.9 Å². The van der Waals surface area contributed by atoms with E-state index in [4.69, 9.17) is 10.5 Å². The van der Waals surface area contributed by atoms with E-state index in [1.165, 1.54) is 35.5 Å². The van der Waals surface area contributed by atoms with Crippen LogP contribution in [-0.4, -0.2) is 49.8 Å². The number of nitrogens with zero attached hydrogens (tertiary/aromatic N) is 1. The van der Waals surface area contributed by atoms with E-state index in [1.807, 2.05) is 19.2 Å². The highest BCUT2D eigenvalue weighted by Crippen LogP contribution is 2.26. The number of hydrogen-bond acceptors (Lipinski definition) is 6. The Balaban J connectivity index is 2.09. The summed E-state index contributed by atoms with van der Waals surface area (Å²) in [5, 5.41) is 1.81. The number of imide groups is 1. The fraction of sp³-hybridized carbons (Fsp3) is 0.500. The molecule has 0 aromatic heterocycles. The number of nitrogens with one attached hydrogen (secondary N) is 1. The second-order valence-electron chi connectivity index (χ2n) is 7.19. The Morgan fingerprint density at radius 3 is 2.18 bits per heavy atom. The minimum Gasteiger partial charge on any atom is -0.449 e. The lowest BCUT2D eigenvalue weighted by atomic mass is 9.94. The molecular weight excluding hydrogens is 386 g/mol. The zero-order valence-electron chi connectivity index (χ0n) is 16.0. The second-order valence-corrected chi connectivity index (χ2v) is 9.13. The van der Waals surface area contributed by atoms with Crippen LogP contribution in [0.1, 0.15) is 37.6 Å². The summed E-state index contributed by atoms with van der Waals surface area (Å²) < 4.78 is 32.1. The molecule has 10 heteroatoms. The Morgan fingerprint density at radius 1 is 1.14 bits per heavy atom. The number of carbonyl (C=O) groups is 3. The van der Waals surface area contributed by atoms with Gasteiger partial charge in [-0.25, -0.2) is 18.0 Å². The first-order chi connectivity index (χ1) is 13.0. The zero-order valence-corrected chi connectivity index (χ0v) is 16.9. The number of nitrogens with two attached hydrogens (primary N) is 1. The highest BCUT2D eigenvalue weighted by molar-refractivity contribution is 7.89. The van der Waals surface area contributed by atoms with Crippen LogP contribution in [0.4, 0.5) is 4.79 Å². The Morgan fingerprint density at radius 2 is 1.68 bits per heavy atom. The van der Waals surface area contributed by atoms with Gasteiger partial charge in [-0.15, -0.1) is 0 Å². The Bertz CT molecular complexity index is 843. The second kappa shape index (κ2) is 8.70. The Kier molecular flexibility index (Phi) is 6.78. The first-order valence-corrected chi connectivity index (χ1v) is 10.4.